The minimum absolute atomic E-state index is 0.0452. The van der Waals surface area contributed by atoms with Gasteiger partial charge in [0.2, 0.25) is 0 Å². The summed E-state index contributed by atoms with van der Waals surface area (Å²) in [4.78, 5) is 16.7. The van der Waals surface area contributed by atoms with Crippen molar-refractivity contribution in [3.63, 3.8) is 0 Å². The minimum Gasteiger partial charge on any atom is -0.490 e. The fraction of sp³-hybridized carbons (Fsp3) is 0.200. The molecule has 28 heavy (non-hydrogen) atoms. The van der Waals surface area contributed by atoms with E-state index in [0.29, 0.717) is 19.1 Å². The summed E-state index contributed by atoms with van der Waals surface area (Å²) in [5, 5.41) is 15.2. The molecule has 0 bridgehead atoms. The first-order chi connectivity index (χ1) is 13.5. The van der Waals surface area contributed by atoms with Gasteiger partial charge in [-0.25, -0.2) is 9.67 Å². The highest BCUT2D eigenvalue weighted by molar-refractivity contribution is 5.56. The predicted octanol–water partition coefficient (Wildman–Crippen LogP) is 3.51. The molecule has 3 aromatic rings. The maximum atomic E-state index is 10.7. The molecule has 0 aliphatic carbocycles. The zero-order valence-corrected chi connectivity index (χ0v) is 15.6. The number of nitro groups is 1. The first-order valence-corrected chi connectivity index (χ1v) is 8.70. The number of ether oxygens (including phenoxy) is 1. The molecular weight excluding hydrogens is 358 g/mol. The predicted molar refractivity (Wildman–Crippen MR) is 106 cm³/mol. The number of rotatable bonds is 9. The zero-order chi connectivity index (χ0) is 19.9. The van der Waals surface area contributed by atoms with Crippen molar-refractivity contribution in [3.05, 3.63) is 83.2 Å². The zero-order valence-electron chi connectivity index (χ0n) is 15.6. The SMILES string of the molecule is C=CCOc1ccc(CN(C)Cn2cnc(-c3ccc([N+](=O)[O-])cc3)n2)cc1. The average molecular weight is 379 g/mol. The summed E-state index contributed by atoms with van der Waals surface area (Å²) < 4.78 is 7.22. The molecule has 0 saturated carbocycles. The summed E-state index contributed by atoms with van der Waals surface area (Å²) in [7, 11) is 2.00. The van der Waals surface area contributed by atoms with Gasteiger partial charge in [0.1, 0.15) is 18.7 Å². The van der Waals surface area contributed by atoms with E-state index in [1.54, 1.807) is 29.2 Å². The molecule has 0 aliphatic heterocycles. The van der Waals surface area contributed by atoms with E-state index in [-0.39, 0.29) is 5.69 Å². The number of hydrogen-bond donors (Lipinski definition) is 0. The maximum absolute atomic E-state index is 10.7. The van der Waals surface area contributed by atoms with Crippen molar-refractivity contribution in [2.24, 2.45) is 0 Å². The van der Waals surface area contributed by atoms with E-state index in [2.05, 4.69) is 21.6 Å². The summed E-state index contributed by atoms with van der Waals surface area (Å²) in [6.07, 6.45) is 3.37. The van der Waals surface area contributed by atoms with Crippen LogP contribution in [0.4, 0.5) is 5.69 Å². The van der Waals surface area contributed by atoms with Crippen LogP contribution in [-0.2, 0) is 13.2 Å². The summed E-state index contributed by atoms with van der Waals surface area (Å²) in [5.41, 5.74) is 1.94. The molecule has 0 atom stereocenters. The van der Waals surface area contributed by atoms with Gasteiger partial charge in [-0.3, -0.25) is 15.0 Å². The normalized spacial score (nSPS) is 10.8. The second kappa shape index (κ2) is 8.92. The van der Waals surface area contributed by atoms with Crippen LogP contribution in [0.15, 0.2) is 67.5 Å². The summed E-state index contributed by atoms with van der Waals surface area (Å²) in [6, 6.07) is 14.1. The topological polar surface area (TPSA) is 86.3 Å². The van der Waals surface area contributed by atoms with E-state index in [4.69, 9.17) is 4.74 Å². The van der Waals surface area contributed by atoms with Crippen molar-refractivity contribution >= 4 is 5.69 Å². The van der Waals surface area contributed by atoms with Crippen molar-refractivity contribution in [2.75, 3.05) is 13.7 Å². The van der Waals surface area contributed by atoms with Gasteiger partial charge in [-0.15, -0.1) is 5.10 Å². The standard InChI is InChI=1S/C20H21N5O3/c1-3-12-28-19-10-4-16(5-11-19)13-23(2)15-24-14-21-20(22-24)17-6-8-18(9-7-17)25(26)27/h3-11,14H,1,12-13,15H2,2H3. The Morgan fingerprint density at radius 1 is 1.21 bits per heavy atom. The van der Waals surface area contributed by atoms with Crippen LogP contribution in [0.2, 0.25) is 0 Å². The molecule has 0 fully saturated rings. The van der Waals surface area contributed by atoms with Gasteiger partial charge in [-0.1, -0.05) is 24.8 Å². The fourth-order valence-electron chi connectivity index (χ4n) is 2.68. The third kappa shape index (κ3) is 5.01. The number of non-ortho nitro benzene ring substituents is 1. The molecule has 8 nitrogen and oxygen atoms in total. The second-order valence-corrected chi connectivity index (χ2v) is 6.31. The van der Waals surface area contributed by atoms with Crippen LogP contribution < -0.4 is 4.74 Å². The van der Waals surface area contributed by atoms with Crippen molar-refractivity contribution in [3.8, 4) is 17.1 Å². The van der Waals surface area contributed by atoms with E-state index in [0.717, 1.165) is 23.4 Å². The monoisotopic (exact) mass is 379 g/mol. The molecule has 8 heteroatoms. The van der Waals surface area contributed by atoms with E-state index in [1.165, 1.54) is 12.1 Å². The number of hydrogen-bond acceptors (Lipinski definition) is 6. The Hall–Kier alpha value is -3.52. The van der Waals surface area contributed by atoms with Crippen LogP contribution >= 0.6 is 0 Å². The highest BCUT2D eigenvalue weighted by atomic mass is 16.6. The largest absolute Gasteiger partial charge is 0.490 e. The number of benzene rings is 2. The van der Waals surface area contributed by atoms with Crippen molar-refractivity contribution in [1.82, 2.24) is 19.7 Å². The Kier molecular flexibility index (Phi) is 6.13. The van der Waals surface area contributed by atoms with Gasteiger partial charge in [0.15, 0.2) is 5.82 Å². The van der Waals surface area contributed by atoms with E-state index in [9.17, 15) is 10.1 Å². The Morgan fingerprint density at radius 2 is 1.93 bits per heavy atom. The first-order valence-electron chi connectivity index (χ1n) is 8.70. The Balaban J connectivity index is 1.58. The van der Waals surface area contributed by atoms with Gasteiger partial charge in [0.05, 0.1) is 11.6 Å². The van der Waals surface area contributed by atoms with Crippen LogP contribution in [0.5, 0.6) is 5.75 Å². The molecule has 0 amide bonds. The van der Waals surface area contributed by atoms with Crippen molar-refractivity contribution < 1.29 is 9.66 Å². The third-order valence-corrected chi connectivity index (χ3v) is 4.00. The second-order valence-electron chi connectivity index (χ2n) is 6.31. The van der Waals surface area contributed by atoms with Gasteiger partial charge in [0, 0.05) is 24.2 Å². The lowest BCUT2D eigenvalue weighted by atomic mass is 10.2. The molecule has 0 radical (unpaired) electrons. The van der Waals surface area contributed by atoms with Gasteiger partial charge >= 0.3 is 0 Å². The molecule has 3 rings (SSSR count). The Labute approximate surface area is 162 Å². The van der Waals surface area contributed by atoms with Crippen molar-refractivity contribution in [2.45, 2.75) is 13.2 Å². The lowest BCUT2D eigenvalue weighted by molar-refractivity contribution is -0.384. The van der Waals surface area contributed by atoms with Crippen molar-refractivity contribution in [1.29, 1.82) is 0 Å². The number of nitrogens with zero attached hydrogens (tertiary/aromatic N) is 5. The average Bonchev–Trinajstić information content (AvgIpc) is 3.16. The third-order valence-electron chi connectivity index (χ3n) is 4.00. The Bertz CT molecular complexity index is 935. The molecule has 0 aliphatic rings. The van der Waals surface area contributed by atoms with E-state index < -0.39 is 4.92 Å². The molecule has 2 aromatic carbocycles. The number of nitro benzene ring substituents is 1. The van der Waals surface area contributed by atoms with Gasteiger partial charge in [-0.2, -0.15) is 0 Å². The molecule has 0 unspecified atom stereocenters. The van der Waals surface area contributed by atoms with E-state index >= 15 is 0 Å². The number of aromatic nitrogens is 3. The molecule has 0 N–H and O–H groups in total. The quantitative estimate of drug-likeness (QED) is 0.321. The molecule has 0 saturated heterocycles. The molecule has 1 heterocycles. The highest BCUT2D eigenvalue weighted by Gasteiger charge is 2.09. The summed E-state index contributed by atoms with van der Waals surface area (Å²) in [5.74, 6) is 1.35. The lowest BCUT2D eigenvalue weighted by Crippen LogP contribution is -2.21. The van der Waals surface area contributed by atoms with Crippen LogP contribution in [0.3, 0.4) is 0 Å². The van der Waals surface area contributed by atoms with E-state index in [1.807, 2.05) is 31.3 Å². The van der Waals surface area contributed by atoms with Gasteiger partial charge in [-0.05, 0) is 36.9 Å². The van der Waals surface area contributed by atoms with Crippen LogP contribution in [0, 0.1) is 10.1 Å². The molecule has 144 valence electrons. The summed E-state index contributed by atoms with van der Waals surface area (Å²) in [6.45, 7) is 5.43. The van der Waals surface area contributed by atoms with Crippen LogP contribution in [-0.4, -0.2) is 38.2 Å². The lowest BCUT2D eigenvalue weighted by Gasteiger charge is -2.16. The maximum Gasteiger partial charge on any atom is 0.269 e. The Morgan fingerprint density at radius 3 is 2.57 bits per heavy atom. The summed E-state index contributed by atoms with van der Waals surface area (Å²) >= 11 is 0. The van der Waals surface area contributed by atoms with Gasteiger partial charge < -0.3 is 4.74 Å². The molecular formula is C20H21N5O3. The molecule has 1 aromatic heterocycles. The smallest absolute Gasteiger partial charge is 0.269 e. The minimum atomic E-state index is -0.428. The van der Waals surface area contributed by atoms with Crippen LogP contribution in [0.25, 0.3) is 11.4 Å². The van der Waals surface area contributed by atoms with Gasteiger partial charge in [0.25, 0.3) is 5.69 Å². The molecule has 0 spiro atoms. The fourth-order valence-corrected chi connectivity index (χ4v) is 2.68. The highest BCUT2D eigenvalue weighted by Crippen LogP contribution is 2.19. The van der Waals surface area contributed by atoms with Crippen LogP contribution in [0.1, 0.15) is 5.56 Å². The first kappa shape index (κ1) is 19.2.